The zero-order chi connectivity index (χ0) is 16.9. The molecule has 2 aromatic rings. The Bertz CT molecular complexity index is 684. The first kappa shape index (κ1) is 17.5. The van der Waals surface area contributed by atoms with E-state index in [1.165, 1.54) is 24.2 Å². The van der Waals surface area contributed by atoms with Crippen LogP contribution in [-0.2, 0) is 0 Å². The third-order valence-corrected chi connectivity index (χ3v) is 5.34. The van der Waals surface area contributed by atoms with Gasteiger partial charge < -0.3 is 14.6 Å². The second kappa shape index (κ2) is 8.19. The fourth-order valence-corrected chi connectivity index (χ4v) is 3.82. The quantitative estimate of drug-likeness (QED) is 0.792. The van der Waals surface area contributed by atoms with Crippen LogP contribution in [0.1, 0.15) is 41.4 Å². The summed E-state index contributed by atoms with van der Waals surface area (Å²) in [6.07, 6.45) is 5.42. The average molecular weight is 413 g/mol. The highest BCUT2D eigenvalue weighted by atomic mass is 79.9. The van der Waals surface area contributed by atoms with E-state index in [1.807, 2.05) is 18.2 Å². The van der Waals surface area contributed by atoms with Gasteiger partial charge >= 0.3 is 0 Å². The number of amides is 1. The van der Waals surface area contributed by atoms with Crippen LogP contribution in [0.15, 0.2) is 45.5 Å². The van der Waals surface area contributed by atoms with Crippen molar-refractivity contribution in [2.45, 2.75) is 25.3 Å². The van der Waals surface area contributed by atoms with E-state index in [1.54, 1.807) is 18.4 Å². The molecule has 0 saturated carbocycles. The van der Waals surface area contributed by atoms with Crippen LogP contribution in [0.3, 0.4) is 0 Å². The van der Waals surface area contributed by atoms with E-state index in [-0.39, 0.29) is 11.9 Å². The topological polar surface area (TPSA) is 46.7 Å². The van der Waals surface area contributed by atoms with Gasteiger partial charge in [-0.15, -0.1) is 0 Å². The maximum atomic E-state index is 12.5. The van der Waals surface area contributed by atoms with Gasteiger partial charge in [0.25, 0.3) is 5.91 Å². The van der Waals surface area contributed by atoms with Gasteiger partial charge in [-0.05, 0) is 49.6 Å². The van der Waals surface area contributed by atoms with Crippen LogP contribution < -0.4 is 10.2 Å². The average Bonchev–Trinajstić information content (AvgIpc) is 3.12. The molecule has 1 aromatic heterocycles. The fourth-order valence-electron chi connectivity index (χ4n) is 3.25. The number of carbonyl (C=O) groups excluding carboxylic acids is 1. The van der Waals surface area contributed by atoms with E-state index < -0.39 is 0 Å². The van der Waals surface area contributed by atoms with E-state index >= 15 is 0 Å². The Morgan fingerprint density at radius 1 is 1.29 bits per heavy atom. The summed E-state index contributed by atoms with van der Waals surface area (Å²) in [5, 5.41) is 3.48. The number of piperidine rings is 1. The van der Waals surface area contributed by atoms with Crippen LogP contribution in [0.4, 0.5) is 0 Å². The van der Waals surface area contributed by atoms with E-state index in [0.29, 0.717) is 17.1 Å². The largest absolute Gasteiger partial charge is 0.463 e. The minimum absolute atomic E-state index is 0.134. The van der Waals surface area contributed by atoms with Crippen LogP contribution in [0.5, 0.6) is 0 Å². The van der Waals surface area contributed by atoms with Crippen molar-refractivity contribution in [3.63, 3.8) is 0 Å². The van der Waals surface area contributed by atoms with Crippen molar-refractivity contribution in [3.8, 4) is 0 Å². The number of nitrogens with one attached hydrogen (secondary N) is 2. The van der Waals surface area contributed by atoms with Gasteiger partial charge in [-0.25, -0.2) is 0 Å². The summed E-state index contributed by atoms with van der Waals surface area (Å²) in [6, 6.07) is 9.31. The first-order valence-corrected chi connectivity index (χ1v) is 9.43. The van der Waals surface area contributed by atoms with Crippen molar-refractivity contribution in [1.82, 2.24) is 5.32 Å². The second-order valence-electron chi connectivity index (χ2n) is 6.12. The van der Waals surface area contributed by atoms with Crippen LogP contribution >= 0.6 is 27.5 Å². The van der Waals surface area contributed by atoms with Gasteiger partial charge in [-0.3, -0.25) is 4.79 Å². The molecule has 6 heteroatoms. The van der Waals surface area contributed by atoms with Crippen molar-refractivity contribution in [2.24, 2.45) is 0 Å². The number of quaternary nitrogens is 1. The molecule has 1 aromatic carbocycles. The second-order valence-corrected chi connectivity index (χ2v) is 7.44. The monoisotopic (exact) mass is 411 g/mol. The third-order valence-electron chi connectivity index (χ3n) is 4.51. The highest BCUT2D eigenvalue weighted by Gasteiger charge is 2.28. The molecule has 0 aliphatic carbocycles. The molecular weight excluding hydrogens is 392 g/mol. The SMILES string of the molecule is O=C(NC[C@@H](c1ccco1)[NH+]1CCCCC1)c1cc(Br)ccc1Cl. The zero-order valence-corrected chi connectivity index (χ0v) is 15.7. The number of benzene rings is 1. The van der Waals surface area contributed by atoms with Gasteiger partial charge in [0.15, 0.2) is 11.8 Å². The van der Waals surface area contributed by atoms with Crippen molar-refractivity contribution in [3.05, 3.63) is 57.4 Å². The predicted molar refractivity (Wildman–Crippen MR) is 97.5 cm³/mol. The highest BCUT2D eigenvalue weighted by Crippen LogP contribution is 2.21. The lowest BCUT2D eigenvalue weighted by molar-refractivity contribution is -0.936. The summed E-state index contributed by atoms with van der Waals surface area (Å²) in [6.45, 7) is 2.75. The molecule has 128 valence electrons. The van der Waals surface area contributed by atoms with Crippen LogP contribution in [0.25, 0.3) is 0 Å². The van der Waals surface area contributed by atoms with Crippen molar-refractivity contribution >= 4 is 33.4 Å². The lowest BCUT2D eigenvalue weighted by Gasteiger charge is -2.30. The molecule has 2 N–H and O–H groups in total. The molecule has 24 heavy (non-hydrogen) atoms. The van der Waals surface area contributed by atoms with Gasteiger partial charge in [0.2, 0.25) is 0 Å². The standard InChI is InChI=1S/C18H20BrClN2O2/c19-13-6-7-15(20)14(11-13)18(23)21-12-16(17-5-4-10-24-17)22-8-2-1-3-9-22/h4-7,10-11,16H,1-3,8-9,12H2,(H,21,23)/p+1/t16-/m0/s1. The Kier molecular flexibility index (Phi) is 5.98. The highest BCUT2D eigenvalue weighted by molar-refractivity contribution is 9.10. The Morgan fingerprint density at radius 3 is 2.79 bits per heavy atom. The summed E-state index contributed by atoms with van der Waals surface area (Å²) < 4.78 is 6.46. The van der Waals surface area contributed by atoms with Crippen LogP contribution in [-0.4, -0.2) is 25.5 Å². The van der Waals surface area contributed by atoms with Crippen LogP contribution in [0.2, 0.25) is 5.02 Å². The predicted octanol–water partition coefficient (Wildman–Crippen LogP) is 3.24. The summed E-state index contributed by atoms with van der Waals surface area (Å²) >= 11 is 9.53. The Balaban J connectivity index is 1.71. The lowest BCUT2D eigenvalue weighted by atomic mass is 10.1. The number of likely N-dealkylation sites (tertiary alicyclic amines) is 1. The third kappa shape index (κ3) is 4.21. The van der Waals surface area contributed by atoms with Gasteiger partial charge in [0.05, 0.1) is 36.5 Å². The molecule has 1 aliphatic rings. The van der Waals surface area contributed by atoms with E-state index in [0.717, 1.165) is 23.3 Å². The van der Waals surface area contributed by atoms with Gasteiger partial charge in [0.1, 0.15) is 0 Å². The molecule has 1 atom stereocenters. The molecule has 0 unspecified atom stereocenters. The number of hydrogen-bond donors (Lipinski definition) is 2. The number of rotatable bonds is 5. The molecule has 1 fully saturated rings. The van der Waals surface area contributed by atoms with E-state index in [2.05, 4.69) is 21.2 Å². The Morgan fingerprint density at radius 2 is 2.08 bits per heavy atom. The first-order chi connectivity index (χ1) is 11.6. The molecule has 0 spiro atoms. The number of furan rings is 1. The maximum Gasteiger partial charge on any atom is 0.253 e. The molecule has 1 saturated heterocycles. The summed E-state index contributed by atoms with van der Waals surface area (Å²) in [5.41, 5.74) is 0.484. The van der Waals surface area contributed by atoms with Gasteiger partial charge in [-0.1, -0.05) is 27.5 Å². The van der Waals surface area contributed by atoms with Crippen molar-refractivity contribution in [2.75, 3.05) is 19.6 Å². The fraction of sp³-hybridized carbons (Fsp3) is 0.389. The van der Waals surface area contributed by atoms with Gasteiger partial charge in [0, 0.05) is 4.47 Å². The molecule has 3 rings (SSSR count). The summed E-state index contributed by atoms with van der Waals surface area (Å²) in [5.74, 6) is 0.766. The first-order valence-electron chi connectivity index (χ1n) is 8.26. The molecule has 2 heterocycles. The molecule has 4 nitrogen and oxygen atoms in total. The Hall–Kier alpha value is -1.30. The maximum absolute atomic E-state index is 12.5. The minimum atomic E-state index is -0.158. The normalized spacial score (nSPS) is 16.8. The molecule has 1 aliphatic heterocycles. The van der Waals surface area contributed by atoms with Crippen LogP contribution in [0, 0.1) is 0 Å². The Labute approximate surface area is 155 Å². The summed E-state index contributed by atoms with van der Waals surface area (Å²) in [4.78, 5) is 14.0. The lowest BCUT2D eigenvalue weighted by Crippen LogP contribution is -3.13. The van der Waals surface area contributed by atoms with E-state index in [4.69, 9.17) is 16.0 Å². The van der Waals surface area contributed by atoms with Crippen molar-refractivity contribution < 1.29 is 14.1 Å². The number of halogens is 2. The van der Waals surface area contributed by atoms with E-state index in [9.17, 15) is 4.79 Å². The van der Waals surface area contributed by atoms with Crippen molar-refractivity contribution in [1.29, 1.82) is 0 Å². The summed E-state index contributed by atoms with van der Waals surface area (Å²) in [7, 11) is 0. The van der Waals surface area contributed by atoms with Gasteiger partial charge in [-0.2, -0.15) is 0 Å². The smallest absolute Gasteiger partial charge is 0.253 e. The molecular formula is C18H21BrClN2O2+. The molecule has 1 amide bonds. The number of hydrogen-bond acceptors (Lipinski definition) is 2. The number of carbonyl (C=O) groups is 1. The zero-order valence-electron chi connectivity index (χ0n) is 13.4. The minimum Gasteiger partial charge on any atom is -0.463 e. The molecule has 0 bridgehead atoms. The molecule has 0 radical (unpaired) electrons.